The number of nitrogens with zero attached hydrogens (tertiary/aromatic N) is 4. The van der Waals surface area contributed by atoms with Crippen LogP contribution < -0.4 is 21.3 Å². The van der Waals surface area contributed by atoms with Crippen molar-refractivity contribution in [1.82, 2.24) is 24.8 Å². The number of hydrogen-bond donors (Lipinski definition) is 3. The third-order valence-corrected chi connectivity index (χ3v) is 10.0. The second kappa shape index (κ2) is 19.7. The predicted molar refractivity (Wildman–Crippen MR) is 185 cm³/mol. The maximum absolute atomic E-state index is 13.1. The highest BCUT2D eigenvalue weighted by atomic mass is 31.2. The van der Waals surface area contributed by atoms with Gasteiger partial charge in [0.25, 0.3) is 0 Å². The zero-order chi connectivity index (χ0) is 33.3. The van der Waals surface area contributed by atoms with Gasteiger partial charge in [-0.2, -0.15) is 0 Å². The van der Waals surface area contributed by atoms with Crippen molar-refractivity contribution in [3.05, 3.63) is 42.5 Å². The second-order valence-electron chi connectivity index (χ2n) is 12.6. The van der Waals surface area contributed by atoms with Gasteiger partial charge in [-0.25, -0.2) is 19.5 Å². The molecular weight excluding hydrogens is 617 g/mol. The Morgan fingerprint density at radius 3 is 2.23 bits per heavy atom. The zero-order valence-electron chi connectivity index (χ0n) is 28.0. The molecule has 0 radical (unpaired) electrons. The molecule has 1 aromatic carbocycles. The topological polar surface area (TPSA) is 169 Å². The van der Waals surface area contributed by atoms with Crippen molar-refractivity contribution in [2.75, 3.05) is 25.2 Å². The van der Waals surface area contributed by atoms with Crippen LogP contribution in [0.1, 0.15) is 102 Å². The highest BCUT2D eigenvalue weighted by Crippen LogP contribution is 2.51. The van der Waals surface area contributed by atoms with Crippen molar-refractivity contribution in [2.24, 2.45) is 5.73 Å². The number of nitrogen functional groups attached to an aromatic ring is 1. The first kappa shape index (κ1) is 36.8. The van der Waals surface area contributed by atoms with Gasteiger partial charge in [0.2, 0.25) is 5.91 Å². The number of anilines is 1. The molecule has 3 aromatic rings. The summed E-state index contributed by atoms with van der Waals surface area (Å²) in [6, 6.07) is 6.38. The van der Waals surface area contributed by atoms with Crippen LogP contribution >= 0.6 is 7.60 Å². The highest BCUT2D eigenvalue weighted by Gasteiger charge is 2.35. The summed E-state index contributed by atoms with van der Waals surface area (Å²) in [7, 11) is -3.49. The second-order valence-corrected chi connectivity index (χ2v) is 14.5. The lowest BCUT2D eigenvalue weighted by atomic mass is 10.0. The fourth-order valence-corrected chi connectivity index (χ4v) is 7.15. The molecule has 0 spiro atoms. The van der Waals surface area contributed by atoms with Gasteiger partial charge in [0.05, 0.1) is 25.5 Å². The Bertz CT molecular complexity index is 1390. The van der Waals surface area contributed by atoms with E-state index in [1.54, 1.807) is 23.0 Å². The molecule has 2 aromatic heterocycles. The number of carbonyl (C=O) groups is 1. The standard InChI is InChI=1S/C34H54N7O5P/c1-2-3-4-5-6-7-8-9-10-11-12-13-14-15-20-37-34(42)30(35)21-27-16-18-28(19-17-27)46-47(43)26-44-29(23-45-47)22-41-25-40-31-32(36)38-24-39-33(31)41/h16-19,24-25,29-30H,2-15,20-23,26,35H2,1H3,(H,37,42)(H2,36,38,39)/t29-,30?,47?/m0/s1. The quantitative estimate of drug-likeness (QED) is 0.0789. The maximum atomic E-state index is 13.1. The molecule has 1 saturated heterocycles. The van der Waals surface area contributed by atoms with Crippen LogP contribution in [0, 0.1) is 0 Å². The van der Waals surface area contributed by atoms with Crippen LogP contribution in [0.4, 0.5) is 5.82 Å². The monoisotopic (exact) mass is 671 g/mol. The van der Waals surface area contributed by atoms with E-state index in [9.17, 15) is 9.36 Å². The van der Waals surface area contributed by atoms with Crippen molar-refractivity contribution < 1.29 is 23.1 Å². The summed E-state index contributed by atoms with van der Waals surface area (Å²) in [6.45, 7) is 3.40. The summed E-state index contributed by atoms with van der Waals surface area (Å²) in [4.78, 5) is 24.9. The molecular formula is C34H54N7O5P. The van der Waals surface area contributed by atoms with E-state index in [4.69, 9.17) is 25.3 Å². The molecule has 1 aliphatic rings. The van der Waals surface area contributed by atoms with Crippen LogP contribution in [0.5, 0.6) is 5.75 Å². The van der Waals surface area contributed by atoms with Gasteiger partial charge in [-0.15, -0.1) is 0 Å². The molecule has 1 amide bonds. The fraction of sp³-hybridized carbons (Fsp3) is 0.647. The van der Waals surface area contributed by atoms with Crippen molar-refractivity contribution >= 4 is 30.5 Å². The first-order chi connectivity index (χ1) is 22.9. The predicted octanol–water partition coefficient (Wildman–Crippen LogP) is 6.52. The lowest BCUT2D eigenvalue weighted by molar-refractivity contribution is -0.122. The van der Waals surface area contributed by atoms with E-state index < -0.39 is 13.6 Å². The Morgan fingerprint density at radius 2 is 1.62 bits per heavy atom. The lowest BCUT2D eigenvalue weighted by Crippen LogP contribution is -2.42. The van der Waals surface area contributed by atoms with Crippen LogP contribution in [0.2, 0.25) is 0 Å². The van der Waals surface area contributed by atoms with Crippen molar-refractivity contribution in [2.45, 2.75) is 122 Å². The third kappa shape index (κ3) is 12.5. The summed E-state index contributed by atoms with van der Waals surface area (Å²) in [5.74, 6) is 0.549. The fourth-order valence-electron chi connectivity index (χ4n) is 5.74. The largest absolute Gasteiger partial charge is 0.423 e. The van der Waals surface area contributed by atoms with E-state index in [1.165, 1.54) is 83.4 Å². The van der Waals surface area contributed by atoms with Crippen LogP contribution in [0.3, 0.4) is 0 Å². The van der Waals surface area contributed by atoms with E-state index >= 15 is 0 Å². The molecule has 4 rings (SSSR count). The summed E-state index contributed by atoms with van der Waals surface area (Å²) in [6.07, 6.45) is 21.1. The molecule has 0 saturated carbocycles. The van der Waals surface area contributed by atoms with Gasteiger partial charge >= 0.3 is 7.60 Å². The summed E-state index contributed by atoms with van der Waals surface area (Å²) in [5, 5.41) is 2.97. The number of nitrogens with one attached hydrogen (secondary N) is 1. The number of fused-ring (bicyclic) bond motifs is 1. The van der Waals surface area contributed by atoms with Crippen LogP contribution in [0.25, 0.3) is 11.2 Å². The molecule has 3 atom stereocenters. The van der Waals surface area contributed by atoms with Gasteiger partial charge in [-0.05, 0) is 30.5 Å². The Kier molecular flexibility index (Phi) is 15.4. The molecule has 47 heavy (non-hydrogen) atoms. The first-order valence-corrected chi connectivity index (χ1v) is 19.2. The van der Waals surface area contributed by atoms with E-state index in [1.807, 2.05) is 12.1 Å². The summed E-state index contributed by atoms with van der Waals surface area (Å²) < 4.78 is 32.1. The van der Waals surface area contributed by atoms with Gasteiger partial charge in [-0.3, -0.25) is 9.32 Å². The van der Waals surface area contributed by atoms with Crippen LogP contribution in [-0.4, -0.2) is 57.1 Å². The van der Waals surface area contributed by atoms with Gasteiger partial charge < -0.3 is 30.6 Å². The number of carbonyl (C=O) groups excluding carboxylic acids is 1. The summed E-state index contributed by atoms with van der Waals surface area (Å²) >= 11 is 0. The highest BCUT2D eigenvalue weighted by molar-refractivity contribution is 7.54. The van der Waals surface area contributed by atoms with Crippen LogP contribution in [-0.2, 0) is 31.6 Å². The van der Waals surface area contributed by atoms with Crippen LogP contribution in [0.15, 0.2) is 36.9 Å². The first-order valence-electron chi connectivity index (χ1n) is 17.4. The SMILES string of the molecule is CCCCCCCCCCCCCCCCNC(=O)C(N)Cc1ccc(OP2(=O)CO[C@@H](Cn3cnc4c(N)ncnc43)CO2)cc1. The number of rotatable bonds is 22. The van der Waals surface area contributed by atoms with Gasteiger partial charge in [-0.1, -0.05) is 103 Å². The van der Waals surface area contributed by atoms with Crippen molar-refractivity contribution in [1.29, 1.82) is 0 Å². The number of amides is 1. The molecule has 3 heterocycles. The third-order valence-electron chi connectivity index (χ3n) is 8.55. The molecule has 1 fully saturated rings. The van der Waals surface area contributed by atoms with E-state index in [2.05, 4.69) is 27.2 Å². The lowest BCUT2D eigenvalue weighted by Gasteiger charge is -2.29. The maximum Gasteiger partial charge on any atom is 0.404 e. The van der Waals surface area contributed by atoms with Crippen molar-refractivity contribution in [3.8, 4) is 5.75 Å². The average Bonchev–Trinajstić information content (AvgIpc) is 3.48. The number of benzene rings is 1. The Morgan fingerprint density at radius 1 is 0.979 bits per heavy atom. The zero-order valence-corrected chi connectivity index (χ0v) is 28.9. The van der Waals surface area contributed by atoms with Crippen molar-refractivity contribution in [3.63, 3.8) is 0 Å². The minimum absolute atomic E-state index is 0.0823. The molecule has 12 nitrogen and oxygen atoms in total. The van der Waals surface area contributed by atoms with E-state index in [0.29, 0.717) is 42.2 Å². The number of imidazole rings is 1. The molecule has 13 heteroatoms. The number of hydrogen-bond acceptors (Lipinski definition) is 10. The molecule has 0 bridgehead atoms. The normalized spacial score (nSPS) is 18.7. The van der Waals surface area contributed by atoms with E-state index in [-0.39, 0.29) is 25.0 Å². The average molecular weight is 672 g/mol. The Labute approximate surface area is 279 Å². The molecule has 5 N–H and O–H groups in total. The number of nitrogens with two attached hydrogens (primary N) is 2. The number of unbranched alkanes of at least 4 members (excludes halogenated alkanes) is 13. The van der Waals surface area contributed by atoms with Gasteiger partial charge in [0.15, 0.2) is 17.8 Å². The number of ether oxygens (including phenoxy) is 1. The Balaban J connectivity index is 1.04. The molecule has 260 valence electrons. The van der Waals surface area contributed by atoms with Gasteiger partial charge in [0, 0.05) is 6.54 Å². The molecule has 2 unspecified atom stereocenters. The number of aromatic nitrogens is 4. The molecule has 0 aliphatic carbocycles. The Hall–Kier alpha value is -3.05. The van der Waals surface area contributed by atoms with Gasteiger partial charge in [0.1, 0.15) is 23.7 Å². The van der Waals surface area contributed by atoms with E-state index in [0.717, 1.165) is 18.4 Å². The smallest absolute Gasteiger partial charge is 0.404 e. The summed E-state index contributed by atoms with van der Waals surface area (Å²) in [5.41, 5.74) is 14.0. The minimum atomic E-state index is -3.49. The minimum Gasteiger partial charge on any atom is -0.423 e. The molecule has 1 aliphatic heterocycles.